The lowest BCUT2D eigenvalue weighted by Crippen LogP contribution is -2.42. The summed E-state index contributed by atoms with van der Waals surface area (Å²) in [6, 6.07) is 13.7. The minimum absolute atomic E-state index is 0.106. The number of hydrogen-bond donors (Lipinski definition) is 2. The maximum atomic E-state index is 5.94. The third kappa shape index (κ3) is 4.28. The standard InChI is InChI=1S/C20H22N6O2/c1-21-20(24-13-15-12-14-6-2-3-8-17(14)27-15)23-11-9-18-25-19(28-26-18)16-7-4-5-10-22-16/h2-8,10,15H,9,11-13H2,1H3,(H2,21,23,24). The predicted octanol–water partition coefficient (Wildman–Crippen LogP) is 1.84. The van der Waals surface area contributed by atoms with Gasteiger partial charge in [-0.3, -0.25) is 9.98 Å². The summed E-state index contributed by atoms with van der Waals surface area (Å²) in [7, 11) is 1.74. The molecule has 2 N–H and O–H groups in total. The second-order valence-electron chi connectivity index (χ2n) is 6.41. The summed E-state index contributed by atoms with van der Waals surface area (Å²) < 4.78 is 11.2. The van der Waals surface area contributed by atoms with Gasteiger partial charge in [-0.25, -0.2) is 0 Å². The molecule has 1 unspecified atom stereocenters. The molecule has 1 aromatic carbocycles. The first kappa shape index (κ1) is 18.0. The third-order valence-corrected chi connectivity index (χ3v) is 4.43. The van der Waals surface area contributed by atoms with Crippen molar-refractivity contribution in [3.8, 4) is 17.3 Å². The Hall–Kier alpha value is -3.42. The highest BCUT2D eigenvalue weighted by atomic mass is 16.5. The number of rotatable bonds is 6. The van der Waals surface area contributed by atoms with E-state index < -0.39 is 0 Å². The van der Waals surface area contributed by atoms with Gasteiger partial charge in [-0.1, -0.05) is 29.4 Å². The summed E-state index contributed by atoms with van der Waals surface area (Å²) in [5.74, 6) is 2.74. The first-order valence-electron chi connectivity index (χ1n) is 9.25. The number of guanidine groups is 1. The van der Waals surface area contributed by atoms with Crippen molar-refractivity contribution in [2.45, 2.75) is 18.9 Å². The van der Waals surface area contributed by atoms with Crippen LogP contribution in [-0.4, -0.2) is 47.3 Å². The third-order valence-electron chi connectivity index (χ3n) is 4.43. The van der Waals surface area contributed by atoms with E-state index in [2.05, 4.69) is 36.8 Å². The molecular weight excluding hydrogens is 356 g/mol. The van der Waals surface area contributed by atoms with Gasteiger partial charge in [-0.05, 0) is 23.8 Å². The smallest absolute Gasteiger partial charge is 0.276 e. The van der Waals surface area contributed by atoms with E-state index in [1.165, 1.54) is 5.56 Å². The molecule has 8 nitrogen and oxygen atoms in total. The second-order valence-corrected chi connectivity index (χ2v) is 6.41. The van der Waals surface area contributed by atoms with Gasteiger partial charge in [-0.15, -0.1) is 0 Å². The minimum Gasteiger partial charge on any atom is -0.488 e. The number of ether oxygens (including phenoxy) is 1. The molecule has 2 aromatic heterocycles. The molecule has 3 aromatic rings. The highest BCUT2D eigenvalue weighted by Gasteiger charge is 2.22. The Morgan fingerprint density at radius 2 is 2.07 bits per heavy atom. The van der Waals surface area contributed by atoms with E-state index in [-0.39, 0.29) is 6.10 Å². The van der Waals surface area contributed by atoms with Crippen LogP contribution < -0.4 is 15.4 Å². The Morgan fingerprint density at radius 3 is 2.89 bits per heavy atom. The molecule has 0 fully saturated rings. The summed E-state index contributed by atoms with van der Waals surface area (Å²) in [6.07, 6.45) is 3.32. The monoisotopic (exact) mass is 378 g/mol. The number of aromatic nitrogens is 3. The van der Waals surface area contributed by atoms with Gasteiger partial charge in [0.2, 0.25) is 0 Å². The molecule has 3 heterocycles. The average molecular weight is 378 g/mol. The van der Waals surface area contributed by atoms with E-state index in [0.29, 0.717) is 42.9 Å². The largest absolute Gasteiger partial charge is 0.488 e. The van der Waals surface area contributed by atoms with E-state index in [9.17, 15) is 0 Å². The summed E-state index contributed by atoms with van der Waals surface area (Å²) in [6.45, 7) is 1.31. The molecule has 0 aliphatic carbocycles. The fourth-order valence-electron chi connectivity index (χ4n) is 3.04. The average Bonchev–Trinajstić information content (AvgIpc) is 3.38. The molecule has 28 heavy (non-hydrogen) atoms. The van der Waals surface area contributed by atoms with E-state index >= 15 is 0 Å². The molecule has 8 heteroatoms. The number of aliphatic imine (C=N–C) groups is 1. The zero-order valence-corrected chi connectivity index (χ0v) is 15.6. The van der Waals surface area contributed by atoms with Gasteiger partial charge in [0.1, 0.15) is 17.5 Å². The van der Waals surface area contributed by atoms with Crippen LogP contribution in [0, 0.1) is 0 Å². The van der Waals surface area contributed by atoms with Crippen LogP contribution in [0.4, 0.5) is 0 Å². The summed E-state index contributed by atoms with van der Waals surface area (Å²) >= 11 is 0. The molecule has 1 aliphatic rings. The Bertz CT molecular complexity index is 916. The van der Waals surface area contributed by atoms with Gasteiger partial charge in [-0.2, -0.15) is 4.98 Å². The zero-order chi connectivity index (χ0) is 19.2. The number of hydrogen-bond acceptors (Lipinski definition) is 6. The van der Waals surface area contributed by atoms with Gasteiger partial charge < -0.3 is 19.9 Å². The van der Waals surface area contributed by atoms with E-state index in [4.69, 9.17) is 9.26 Å². The van der Waals surface area contributed by atoms with Crippen LogP contribution >= 0.6 is 0 Å². The fraction of sp³-hybridized carbons (Fsp3) is 0.300. The predicted molar refractivity (Wildman–Crippen MR) is 105 cm³/mol. The topological polar surface area (TPSA) is 97.5 Å². The van der Waals surface area contributed by atoms with Crippen molar-refractivity contribution < 1.29 is 9.26 Å². The molecule has 0 bridgehead atoms. The second kappa shape index (κ2) is 8.51. The molecule has 1 aliphatic heterocycles. The van der Waals surface area contributed by atoms with Crippen molar-refractivity contribution in [2.24, 2.45) is 4.99 Å². The number of benzene rings is 1. The number of nitrogens with zero attached hydrogens (tertiary/aromatic N) is 4. The highest BCUT2D eigenvalue weighted by molar-refractivity contribution is 5.79. The molecule has 0 spiro atoms. The molecule has 0 saturated carbocycles. The van der Waals surface area contributed by atoms with Crippen molar-refractivity contribution in [2.75, 3.05) is 20.1 Å². The van der Waals surface area contributed by atoms with E-state index in [1.54, 1.807) is 13.2 Å². The summed E-state index contributed by atoms with van der Waals surface area (Å²) in [5, 5.41) is 10.6. The normalized spacial score (nSPS) is 15.8. The fourth-order valence-corrected chi connectivity index (χ4v) is 3.04. The van der Waals surface area contributed by atoms with Crippen molar-refractivity contribution in [1.29, 1.82) is 0 Å². The minimum atomic E-state index is 0.106. The van der Waals surface area contributed by atoms with Crippen LogP contribution in [0.25, 0.3) is 11.6 Å². The van der Waals surface area contributed by atoms with Gasteiger partial charge in [0, 0.05) is 32.6 Å². The number of para-hydroxylation sites is 1. The van der Waals surface area contributed by atoms with Gasteiger partial charge in [0.05, 0.1) is 6.54 Å². The first-order valence-corrected chi connectivity index (χ1v) is 9.25. The molecule has 0 amide bonds. The first-order chi connectivity index (χ1) is 13.8. The Morgan fingerprint density at radius 1 is 1.18 bits per heavy atom. The van der Waals surface area contributed by atoms with Crippen LogP contribution in [0.1, 0.15) is 11.4 Å². The molecule has 0 radical (unpaired) electrons. The maximum absolute atomic E-state index is 5.94. The Labute approximate surface area is 163 Å². The molecular formula is C20H22N6O2. The summed E-state index contributed by atoms with van der Waals surface area (Å²) in [4.78, 5) is 12.8. The Balaban J connectivity index is 1.22. The van der Waals surface area contributed by atoms with Crippen LogP contribution in [0.3, 0.4) is 0 Å². The quantitative estimate of drug-likeness (QED) is 0.499. The van der Waals surface area contributed by atoms with Gasteiger partial charge in [0.15, 0.2) is 11.8 Å². The molecule has 4 rings (SSSR count). The molecule has 1 atom stereocenters. The lowest BCUT2D eigenvalue weighted by atomic mass is 10.1. The lowest BCUT2D eigenvalue weighted by Gasteiger charge is -2.15. The van der Waals surface area contributed by atoms with Crippen LogP contribution in [-0.2, 0) is 12.8 Å². The SMILES string of the molecule is CN=C(NCCc1noc(-c2ccccn2)n1)NCC1Cc2ccccc2O1. The highest BCUT2D eigenvalue weighted by Crippen LogP contribution is 2.27. The molecule has 0 saturated heterocycles. The maximum Gasteiger partial charge on any atom is 0.276 e. The van der Waals surface area contributed by atoms with Crippen LogP contribution in [0.15, 0.2) is 58.2 Å². The van der Waals surface area contributed by atoms with Gasteiger partial charge >= 0.3 is 0 Å². The lowest BCUT2D eigenvalue weighted by molar-refractivity contribution is 0.235. The zero-order valence-electron chi connectivity index (χ0n) is 15.6. The van der Waals surface area contributed by atoms with Crippen molar-refractivity contribution in [3.63, 3.8) is 0 Å². The summed E-state index contributed by atoms with van der Waals surface area (Å²) in [5.41, 5.74) is 1.92. The molecule has 144 valence electrons. The van der Waals surface area contributed by atoms with Gasteiger partial charge in [0.25, 0.3) is 5.89 Å². The number of fused-ring (bicyclic) bond motifs is 1. The number of pyridine rings is 1. The van der Waals surface area contributed by atoms with E-state index in [1.807, 2.05) is 36.4 Å². The van der Waals surface area contributed by atoms with Crippen LogP contribution in [0.5, 0.6) is 5.75 Å². The van der Waals surface area contributed by atoms with E-state index in [0.717, 1.165) is 12.2 Å². The van der Waals surface area contributed by atoms with Crippen molar-refractivity contribution in [3.05, 3.63) is 60.0 Å². The van der Waals surface area contributed by atoms with Crippen molar-refractivity contribution >= 4 is 5.96 Å². The number of nitrogens with one attached hydrogen (secondary N) is 2. The Kier molecular flexibility index (Phi) is 5.46. The van der Waals surface area contributed by atoms with Crippen LogP contribution in [0.2, 0.25) is 0 Å². The van der Waals surface area contributed by atoms with Crippen molar-refractivity contribution in [1.82, 2.24) is 25.8 Å².